The highest BCUT2D eigenvalue weighted by Gasteiger charge is 2.43. The number of aliphatic hydroxyl groups excluding tert-OH is 1. The van der Waals surface area contributed by atoms with Gasteiger partial charge in [-0.25, -0.2) is 23.7 Å². The first-order chi connectivity index (χ1) is 35.9. The van der Waals surface area contributed by atoms with Crippen molar-refractivity contribution in [2.45, 2.75) is 64.3 Å². The molecule has 76 heavy (non-hydrogen) atoms. The van der Waals surface area contributed by atoms with Crippen LogP contribution in [0.15, 0.2) is 94.5 Å². The Labute approximate surface area is 428 Å². The monoisotopic (exact) mass is 1110 g/mol. The van der Waals surface area contributed by atoms with Crippen LogP contribution in [-0.2, 0) is 47.7 Å². The number of ether oxygens (including phenoxy) is 3. The highest BCUT2D eigenvalue weighted by atomic mass is 31.3. The number of nitro groups is 1. The van der Waals surface area contributed by atoms with Crippen molar-refractivity contribution in [1.29, 1.82) is 0 Å². The fraction of sp³-hybridized carbons (Fsp3) is 0.255. The Morgan fingerprint density at radius 1 is 1.00 bits per heavy atom. The molecule has 1 saturated heterocycles. The van der Waals surface area contributed by atoms with Crippen molar-refractivity contribution in [3.8, 4) is 45.8 Å². The topological polar surface area (TPSA) is 392 Å². The van der Waals surface area contributed by atoms with Crippen LogP contribution in [-0.4, -0.2) is 80.3 Å². The maximum absolute atomic E-state index is 13.7. The SMILES string of the molecule is CC(C)[C@@H](OCc1cn([C@H]2CC(O)[C@@H](COP(=O)(O)OP(=O)(O)OP(=O)(O)O)O2)c2ncnc(N)c12)c1ccc(C#CCCC(=O)c2ccc(OC=O)c(-c3c4ccc(=O)cc-4oc4cc(O)ccc34)c2)cc1[N+](=O)[O-]. The van der Waals surface area contributed by atoms with Crippen molar-refractivity contribution in [2.75, 3.05) is 12.3 Å². The third kappa shape index (κ3) is 12.6. The lowest BCUT2D eigenvalue weighted by Gasteiger charge is -2.22. The fourth-order valence-electron chi connectivity index (χ4n) is 8.55. The second-order valence-electron chi connectivity index (χ2n) is 17.3. The van der Waals surface area contributed by atoms with E-state index in [0.717, 1.165) is 6.33 Å². The Kier molecular flexibility index (Phi) is 16.2. The minimum atomic E-state index is -5.80. The van der Waals surface area contributed by atoms with E-state index in [2.05, 4.69) is 35.0 Å². The number of nitro benzene ring substituents is 1. The number of anilines is 1. The number of carbonyl (C=O) groups is 2. The minimum absolute atomic E-state index is 0.0168. The summed E-state index contributed by atoms with van der Waals surface area (Å²) in [6.07, 6.45) is -2.18. The number of nitrogens with two attached hydrogens (primary N) is 1. The van der Waals surface area contributed by atoms with Crippen LogP contribution in [0, 0.1) is 27.9 Å². The smallest absolute Gasteiger partial charge is 0.490 e. The van der Waals surface area contributed by atoms with Gasteiger partial charge in [-0.05, 0) is 60.5 Å². The number of nitrogen functional groups attached to an aromatic ring is 1. The van der Waals surface area contributed by atoms with Crippen LogP contribution in [0.5, 0.6) is 11.5 Å². The first-order valence-corrected chi connectivity index (χ1v) is 27.0. The first-order valence-electron chi connectivity index (χ1n) is 22.5. The molecule has 4 heterocycles. The Morgan fingerprint density at radius 3 is 2.50 bits per heavy atom. The van der Waals surface area contributed by atoms with Crippen molar-refractivity contribution >= 4 is 69.2 Å². The number of phenolic OH excluding ortho intramolecular Hbond substituents is 1. The molecule has 8 rings (SSSR count). The normalized spacial score (nSPS) is 17.8. The molecule has 0 spiro atoms. The van der Waals surface area contributed by atoms with Gasteiger partial charge < -0.3 is 58.7 Å². The molecule has 0 bridgehead atoms. The Balaban J connectivity index is 0.965. The quantitative estimate of drug-likeness (QED) is 0.00771. The summed E-state index contributed by atoms with van der Waals surface area (Å²) in [6.45, 7) is 2.68. The molecule has 3 unspecified atom stereocenters. The van der Waals surface area contributed by atoms with Gasteiger partial charge in [0.05, 0.1) is 41.3 Å². The van der Waals surface area contributed by atoms with Gasteiger partial charge in [0.25, 0.3) is 12.2 Å². The molecule has 2 aromatic heterocycles. The van der Waals surface area contributed by atoms with Crippen molar-refractivity contribution in [2.24, 2.45) is 5.92 Å². The lowest BCUT2D eigenvalue weighted by atomic mass is 9.91. The molecule has 1 aliphatic carbocycles. The molecule has 6 atom stereocenters. The number of phosphoric ester groups is 1. The molecule has 26 nitrogen and oxygen atoms in total. The summed E-state index contributed by atoms with van der Waals surface area (Å²) in [5.74, 6) is 5.34. The molecule has 0 amide bonds. The standard InChI is InChI=1S/C47H44N5O21P3/c1-25(2)45(67-21-28-20-51(47-43(28)46(48)49-23-50-47)42-19-37(57)41(71-42)22-69-75(63,64)73-76(65,66)72-74(60,61)62)31-11-7-26(15-35(31)52(58)59)5-3-4-6-36(56)27-8-14-38(68-24-53)34(16-27)44-32-12-9-29(54)17-39(32)70-40-18-30(55)10-13-33(40)44/h7-18,20,23-25,37,41-42,45,54,57H,4,6,19,21-22H2,1-2H3,(H,63,64)(H,65,66)(H2,48,49,50)(H2,60,61,62)/t37?,41-,42-,45-/m1/s1. The zero-order chi connectivity index (χ0) is 54.9. The zero-order valence-electron chi connectivity index (χ0n) is 39.6. The molecule has 3 aliphatic rings. The van der Waals surface area contributed by atoms with Gasteiger partial charge in [0.15, 0.2) is 11.2 Å². The summed E-state index contributed by atoms with van der Waals surface area (Å²) in [6, 6.07) is 17.4. The van der Waals surface area contributed by atoms with E-state index in [1.807, 2.05) is 0 Å². The van der Waals surface area contributed by atoms with Crippen LogP contribution in [0.2, 0.25) is 0 Å². The van der Waals surface area contributed by atoms with Gasteiger partial charge in [0.2, 0.25) is 0 Å². The van der Waals surface area contributed by atoms with Gasteiger partial charge in [-0.15, -0.1) is 0 Å². The van der Waals surface area contributed by atoms with Crippen LogP contribution < -0.4 is 15.9 Å². The van der Waals surface area contributed by atoms with Gasteiger partial charge in [-0.2, -0.15) is 8.62 Å². The number of Topliss-reactive ketones (excluding diaryl/α,β-unsaturated/α-hetero) is 1. The summed E-state index contributed by atoms with van der Waals surface area (Å²) >= 11 is 0. The van der Waals surface area contributed by atoms with E-state index in [-0.39, 0.29) is 106 Å². The number of phosphoric acid groups is 3. The molecule has 2 aliphatic heterocycles. The van der Waals surface area contributed by atoms with Gasteiger partial charge in [-0.1, -0.05) is 25.7 Å². The van der Waals surface area contributed by atoms with Crippen LogP contribution in [0.1, 0.15) is 72.5 Å². The van der Waals surface area contributed by atoms with Crippen molar-refractivity contribution < 1.29 is 89.8 Å². The van der Waals surface area contributed by atoms with Crippen molar-refractivity contribution in [3.63, 3.8) is 0 Å². The number of fused-ring (bicyclic) bond motifs is 3. The fourth-order valence-corrected chi connectivity index (χ4v) is 11.6. The van der Waals surface area contributed by atoms with Gasteiger partial charge in [-0.3, -0.25) is 29.0 Å². The van der Waals surface area contributed by atoms with Gasteiger partial charge in [0, 0.05) is 82.4 Å². The first kappa shape index (κ1) is 55.2. The number of ketones is 1. The molecule has 5 aromatic rings. The minimum Gasteiger partial charge on any atom is -0.508 e. The highest BCUT2D eigenvalue weighted by Crippen LogP contribution is 2.66. The Hall–Kier alpha value is -7.04. The summed E-state index contributed by atoms with van der Waals surface area (Å²) in [5.41, 5.74) is 8.48. The van der Waals surface area contributed by atoms with E-state index in [1.54, 1.807) is 38.1 Å². The lowest BCUT2D eigenvalue weighted by molar-refractivity contribution is -0.386. The predicted molar refractivity (Wildman–Crippen MR) is 265 cm³/mol. The number of phenols is 1. The van der Waals surface area contributed by atoms with Crippen LogP contribution in [0.25, 0.3) is 44.5 Å². The van der Waals surface area contributed by atoms with E-state index < -0.39 is 59.5 Å². The van der Waals surface area contributed by atoms with Gasteiger partial charge in [0.1, 0.15) is 53.0 Å². The Morgan fingerprint density at radius 2 is 1.78 bits per heavy atom. The van der Waals surface area contributed by atoms with E-state index in [4.69, 9.17) is 34.1 Å². The van der Waals surface area contributed by atoms with Crippen molar-refractivity contribution in [3.05, 3.63) is 128 Å². The number of hydrogen-bond acceptors (Lipinski definition) is 20. The van der Waals surface area contributed by atoms with Crippen LogP contribution in [0.4, 0.5) is 11.5 Å². The molecule has 3 aromatic carbocycles. The number of benzene rings is 4. The summed E-state index contributed by atoms with van der Waals surface area (Å²) in [7, 11) is -17.0. The third-order valence-corrected chi connectivity index (χ3v) is 15.5. The zero-order valence-corrected chi connectivity index (χ0v) is 42.3. The number of hydrogen-bond donors (Lipinski definition) is 7. The third-order valence-electron chi connectivity index (χ3n) is 11.7. The number of aromatic nitrogens is 3. The maximum Gasteiger partial charge on any atom is 0.490 e. The summed E-state index contributed by atoms with van der Waals surface area (Å²) in [4.78, 5) is 94.8. The van der Waals surface area contributed by atoms with Crippen LogP contribution >= 0.6 is 23.5 Å². The second kappa shape index (κ2) is 22.3. The number of nitrogens with zero attached hydrogens (tertiary/aromatic N) is 4. The average molecular weight is 1110 g/mol. The number of aromatic hydroxyl groups is 1. The van der Waals surface area contributed by atoms with E-state index in [0.29, 0.717) is 33.0 Å². The Bertz CT molecular complexity index is 3660. The molecule has 0 radical (unpaired) electrons. The molecule has 1 fully saturated rings. The molecular formula is C47H44N5O21P3. The maximum atomic E-state index is 13.7. The van der Waals surface area contributed by atoms with E-state index in [9.17, 15) is 58.2 Å². The van der Waals surface area contributed by atoms with Gasteiger partial charge >= 0.3 is 23.5 Å². The van der Waals surface area contributed by atoms with E-state index >= 15 is 0 Å². The number of aliphatic hydroxyl groups is 1. The number of carbonyl (C=O) groups excluding carboxylic acids is 2. The number of rotatable bonds is 20. The molecular weight excluding hydrogens is 1060 g/mol. The molecule has 29 heteroatoms. The molecule has 398 valence electrons. The largest absolute Gasteiger partial charge is 0.508 e. The lowest BCUT2D eigenvalue weighted by Crippen LogP contribution is -2.26. The average Bonchev–Trinajstić information content (AvgIpc) is 3.91. The summed E-state index contributed by atoms with van der Waals surface area (Å²) < 4.78 is 72.1. The summed E-state index contributed by atoms with van der Waals surface area (Å²) in [5, 5.41) is 34.4. The highest BCUT2D eigenvalue weighted by molar-refractivity contribution is 7.66. The van der Waals surface area contributed by atoms with Crippen LogP contribution in [0.3, 0.4) is 0 Å². The second-order valence-corrected chi connectivity index (χ2v) is 21.7. The van der Waals surface area contributed by atoms with E-state index in [1.165, 1.54) is 59.3 Å². The molecule has 0 saturated carbocycles. The predicted octanol–water partition coefficient (Wildman–Crippen LogP) is 6.96. The van der Waals surface area contributed by atoms with Crippen molar-refractivity contribution in [1.82, 2.24) is 14.5 Å². The molecule has 8 N–H and O–H groups in total.